The lowest BCUT2D eigenvalue weighted by Crippen LogP contribution is -2.39. The first kappa shape index (κ1) is 14.6. The van der Waals surface area contributed by atoms with E-state index in [1.165, 1.54) is 19.8 Å². The third-order valence-electron chi connectivity index (χ3n) is 3.54. The monoisotopic (exact) mass is 275 g/mol. The number of anilines is 1. The van der Waals surface area contributed by atoms with Crippen LogP contribution in [0.2, 0.25) is 0 Å². The van der Waals surface area contributed by atoms with Crippen LogP contribution in [-0.4, -0.2) is 24.8 Å². The summed E-state index contributed by atoms with van der Waals surface area (Å²) in [6, 6.07) is 5.28. The number of carbonyl (C=O) groups excluding carboxylic acids is 2. The van der Waals surface area contributed by atoms with Crippen LogP contribution in [0.15, 0.2) is 18.2 Å². The summed E-state index contributed by atoms with van der Waals surface area (Å²) in [5.41, 5.74) is 1.34. The van der Waals surface area contributed by atoms with Crippen molar-refractivity contribution in [2.75, 3.05) is 18.1 Å². The van der Waals surface area contributed by atoms with Crippen molar-refractivity contribution in [1.29, 1.82) is 0 Å². The van der Waals surface area contributed by atoms with E-state index in [0.717, 1.165) is 18.5 Å². The van der Waals surface area contributed by atoms with E-state index in [9.17, 15) is 9.59 Å². The molecule has 1 aliphatic heterocycles. The number of hydrogen-bond donors (Lipinski definition) is 0. The normalized spacial score (nSPS) is 13.9. The second-order valence-corrected chi connectivity index (χ2v) is 5.13. The standard InChI is InChI=1S/C16H21NO3/c1-3-4-5-6-9-17-14-10-13(12(2)18)7-8-15(14)20-11-16(17)19/h7-8,10H,3-6,9,11H2,1-2H3. The van der Waals surface area contributed by atoms with E-state index >= 15 is 0 Å². The fraction of sp³-hybridized carbons (Fsp3) is 0.500. The van der Waals surface area contributed by atoms with Gasteiger partial charge in [-0.1, -0.05) is 26.2 Å². The summed E-state index contributed by atoms with van der Waals surface area (Å²) in [6.07, 6.45) is 4.44. The smallest absolute Gasteiger partial charge is 0.265 e. The summed E-state index contributed by atoms with van der Waals surface area (Å²) < 4.78 is 5.43. The minimum absolute atomic E-state index is 0.00300. The zero-order chi connectivity index (χ0) is 14.5. The first-order valence-electron chi connectivity index (χ1n) is 7.21. The van der Waals surface area contributed by atoms with Gasteiger partial charge in [0.15, 0.2) is 12.4 Å². The first-order valence-corrected chi connectivity index (χ1v) is 7.21. The van der Waals surface area contributed by atoms with E-state index in [1.54, 1.807) is 23.1 Å². The van der Waals surface area contributed by atoms with E-state index in [0.29, 0.717) is 17.9 Å². The van der Waals surface area contributed by atoms with Gasteiger partial charge < -0.3 is 9.64 Å². The molecule has 0 saturated heterocycles. The van der Waals surface area contributed by atoms with Gasteiger partial charge in [-0.15, -0.1) is 0 Å². The first-order chi connectivity index (χ1) is 9.63. The van der Waals surface area contributed by atoms with Crippen molar-refractivity contribution < 1.29 is 14.3 Å². The average molecular weight is 275 g/mol. The molecule has 1 aromatic carbocycles. The van der Waals surface area contributed by atoms with Crippen LogP contribution in [0, 0.1) is 0 Å². The van der Waals surface area contributed by atoms with E-state index < -0.39 is 0 Å². The molecule has 1 aliphatic rings. The molecule has 108 valence electrons. The van der Waals surface area contributed by atoms with Crippen molar-refractivity contribution in [3.8, 4) is 5.75 Å². The predicted molar refractivity (Wildman–Crippen MR) is 78.4 cm³/mol. The molecule has 0 radical (unpaired) electrons. The number of benzene rings is 1. The molecule has 4 heteroatoms. The third-order valence-corrected chi connectivity index (χ3v) is 3.54. The highest BCUT2D eigenvalue weighted by Crippen LogP contribution is 2.33. The summed E-state index contributed by atoms with van der Waals surface area (Å²) in [7, 11) is 0. The third kappa shape index (κ3) is 3.18. The number of rotatable bonds is 6. The van der Waals surface area contributed by atoms with Gasteiger partial charge >= 0.3 is 0 Å². The van der Waals surface area contributed by atoms with Gasteiger partial charge in [-0.3, -0.25) is 9.59 Å². The van der Waals surface area contributed by atoms with E-state index in [4.69, 9.17) is 4.74 Å². The van der Waals surface area contributed by atoms with Crippen molar-refractivity contribution in [3.63, 3.8) is 0 Å². The number of carbonyl (C=O) groups is 2. The van der Waals surface area contributed by atoms with Gasteiger partial charge in [0.25, 0.3) is 5.91 Å². The molecule has 1 heterocycles. The SMILES string of the molecule is CCCCCCN1C(=O)COc2ccc(C(C)=O)cc21. The Morgan fingerprint density at radius 1 is 1.30 bits per heavy atom. The second-order valence-electron chi connectivity index (χ2n) is 5.13. The van der Waals surface area contributed by atoms with E-state index in [-0.39, 0.29) is 18.3 Å². The molecular weight excluding hydrogens is 254 g/mol. The molecule has 4 nitrogen and oxygen atoms in total. The number of unbranched alkanes of at least 4 members (excludes halogenated alkanes) is 3. The summed E-state index contributed by atoms with van der Waals surface area (Å²) in [5.74, 6) is 0.650. The molecule has 2 rings (SSSR count). The Balaban J connectivity index is 2.18. The molecule has 0 saturated carbocycles. The van der Waals surface area contributed by atoms with Gasteiger partial charge in [-0.2, -0.15) is 0 Å². The number of ether oxygens (including phenoxy) is 1. The number of fused-ring (bicyclic) bond motifs is 1. The molecule has 0 atom stereocenters. The zero-order valence-electron chi connectivity index (χ0n) is 12.1. The van der Waals surface area contributed by atoms with Gasteiger partial charge in [-0.05, 0) is 31.5 Å². The summed E-state index contributed by atoms with van der Waals surface area (Å²) >= 11 is 0. The fourth-order valence-electron chi connectivity index (χ4n) is 2.36. The maximum atomic E-state index is 12.0. The van der Waals surface area contributed by atoms with Crippen LogP contribution in [0.1, 0.15) is 49.9 Å². The van der Waals surface area contributed by atoms with Gasteiger partial charge in [-0.25, -0.2) is 0 Å². The van der Waals surface area contributed by atoms with Gasteiger partial charge in [0.1, 0.15) is 5.75 Å². The fourth-order valence-corrected chi connectivity index (χ4v) is 2.36. The Bertz CT molecular complexity index is 510. The summed E-state index contributed by atoms with van der Waals surface area (Å²) in [4.78, 5) is 25.2. The van der Waals surface area contributed by atoms with Crippen molar-refractivity contribution in [1.82, 2.24) is 0 Å². The summed E-state index contributed by atoms with van der Waals surface area (Å²) in [6.45, 7) is 4.46. The summed E-state index contributed by atoms with van der Waals surface area (Å²) in [5, 5.41) is 0. The van der Waals surface area contributed by atoms with Crippen LogP contribution < -0.4 is 9.64 Å². The molecule has 0 fully saturated rings. The molecule has 0 spiro atoms. The molecule has 0 aliphatic carbocycles. The van der Waals surface area contributed by atoms with Crippen molar-refractivity contribution >= 4 is 17.4 Å². The maximum Gasteiger partial charge on any atom is 0.265 e. The Morgan fingerprint density at radius 3 is 2.80 bits per heavy atom. The number of amides is 1. The van der Waals surface area contributed by atoms with Crippen LogP contribution in [0.4, 0.5) is 5.69 Å². The number of hydrogen-bond acceptors (Lipinski definition) is 3. The minimum Gasteiger partial charge on any atom is -0.482 e. The van der Waals surface area contributed by atoms with Crippen LogP contribution in [0.25, 0.3) is 0 Å². The number of Topliss-reactive ketones (excluding diaryl/α,β-unsaturated/α-hetero) is 1. The molecule has 0 aromatic heterocycles. The van der Waals surface area contributed by atoms with Crippen LogP contribution in [0.5, 0.6) is 5.75 Å². The lowest BCUT2D eigenvalue weighted by atomic mass is 10.1. The number of nitrogens with zero attached hydrogens (tertiary/aromatic N) is 1. The topological polar surface area (TPSA) is 46.6 Å². The highest BCUT2D eigenvalue weighted by molar-refractivity contribution is 6.01. The lowest BCUT2D eigenvalue weighted by Gasteiger charge is -2.29. The minimum atomic E-state index is -0.0327. The second kappa shape index (κ2) is 6.55. The molecule has 0 bridgehead atoms. The van der Waals surface area contributed by atoms with Gasteiger partial charge in [0, 0.05) is 12.1 Å². The lowest BCUT2D eigenvalue weighted by molar-refractivity contribution is -0.121. The Morgan fingerprint density at radius 2 is 2.10 bits per heavy atom. The highest BCUT2D eigenvalue weighted by Gasteiger charge is 2.25. The van der Waals surface area contributed by atoms with Crippen molar-refractivity contribution in [2.45, 2.75) is 39.5 Å². The van der Waals surface area contributed by atoms with Crippen LogP contribution in [0.3, 0.4) is 0 Å². The van der Waals surface area contributed by atoms with E-state index in [1.807, 2.05) is 0 Å². The van der Waals surface area contributed by atoms with Crippen molar-refractivity contribution in [3.05, 3.63) is 23.8 Å². The largest absolute Gasteiger partial charge is 0.482 e. The molecule has 0 unspecified atom stereocenters. The highest BCUT2D eigenvalue weighted by atomic mass is 16.5. The maximum absolute atomic E-state index is 12.0. The van der Waals surface area contributed by atoms with Gasteiger partial charge in [0.05, 0.1) is 5.69 Å². The number of ketones is 1. The Kier molecular flexibility index (Phi) is 4.77. The van der Waals surface area contributed by atoms with Crippen LogP contribution >= 0.6 is 0 Å². The van der Waals surface area contributed by atoms with E-state index in [2.05, 4.69) is 6.92 Å². The Labute approximate surface area is 119 Å². The molecule has 1 aromatic rings. The average Bonchev–Trinajstić information content (AvgIpc) is 2.44. The zero-order valence-corrected chi connectivity index (χ0v) is 12.1. The van der Waals surface area contributed by atoms with Gasteiger partial charge in [0.2, 0.25) is 0 Å². The molecule has 20 heavy (non-hydrogen) atoms. The van der Waals surface area contributed by atoms with Crippen LogP contribution in [-0.2, 0) is 4.79 Å². The predicted octanol–water partition coefficient (Wildman–Crippen LogP) is 3.19. The molecular formula is C16H21NO3. The van der Waals surface area contributed by atoms with Crippen molar-refractivity contribution in [2.24, 2.45) is 0 Å². The Hall–Kier alpha value is -1.84. The molecule has 0 N–H and O–H groups in total. The molecule has 1 amide bonds. The quantitative estimate of drug-likeness (QED) is 0.591.